The summed E-state index contributed by atoms with van der Waals surface area (Å²) in [5, 5.41) is 11.8. The number of hydrogen-bond acceptors (Lipinski definition) is 5. The van der Waals surface area contributed by atoms with E-state index in [0.29, 0.717) is 19.8 Å². The van der Waals surface area contributed by atoms with E-state index in [-0.39, 0.29) is 23.9 Å². The number of rotatable bonds is 6. The molecule has 0 spiro atoms. The van der Waals surface area contributed by atoms with E-state index in [2.05, 4.69) is 19.2 Å². The Labute approximate surface area is 175 Å². The van der Waals surface area contributed by atoms with E-state index in [1.54, 1.807) is 7.05 Å². The van der Waals surface area contributed by atoms with Crippen LogP contribution in [0.4, 0.5) is 0 Å². The highest BCUT2D eigenvalue weighted by molar-refractivity contribution is 5.90. The standard InChI is InChI=1S/C18H31N3O5.C3H8/c1-12(17(24)25)7-8-21(6)16(23)14(18(2,3)4)19-15(22)13-11-26-10-9-20(13)5;1-3-2/h7,13-14H,8-11H2,1-6H3,(H,19,22)(H,24,25);3H2,1-2H3/b12-7+;. The summed E-state index contributed by atoms with van der Waals surface area (Å²) in [4.78, 5) is 39.7. The normalized spacial score (nSPS) is 18.9. The SMILES string of the molecule is C/C(=C\CN(C)C(=O)C(NC(=O)C1COCCN1C)C(C)(C)C)C(=O)O.CCC. The van der Waals surface area contributed by atoms with Gasteiger partial charge in [-0.2, -0.15) is 0 Å². The third-order valence-corrected chi connectivity index (χ3v) is 4.48. The molecule has 0 saturated carbocycles. The highest BCUT2D eigenvalue weighted by atomic mass is 16.5. The zero-order valence-electron chi connectivity index (χ0n) is 19.2. The summed E-state index contributed by atoms with van der Waals surface area (Å²) in [7, 11) is 3.45. The van der Waals surface area contributed by atoms with Crippen molar-refractivity contribution in [3.05, 3.63) is 11.6 Å². The number of amides is 2. The van der Waals surface area contributed by atoms with E-state index >= 15 is 0 Å². The maximum absolute atomic E-state index is 12.9. The second kappa shape index (κ2) is 12.6. The number of carboxylic acids is 1. The molecule has 1 saturated heterocycles. The summed E-state index contributed by atoms with van der Waals surface area (Å²) < 4.78 is 5.37. The van der Waals surface area contributed by atoms with Crippen LogP contribution >= 0.6 is 0 Å². The first kappa shape index (κ1) is 27.1. The zero-order chi connectivity index (χ0) is 22.8. The first-order valence-corrected chi connectivity index (χ1v) is 10.1. The van der Waals surface area contributed by atoms with Gasteiger partial charge in [-0.3, -0.25) is 14.5 Å². The maximum atomic E-state index is 12.9. The van der Waals surface area contributed by atoms with Gasteiger partial charge in [-0.05, 0) is 19.4 Å². The number of carbonyl (C=O) groups excluding carboxylic acids is 2. The van der Waals surface area contributed by atoms with Crippen molar-refractivity contribution in [3.63, 3.8) is 0 Å². The predicted molar refractivity (Wildman–Crippen MR) is 114 cm³/mol. The minimum Gasteiger partial charge on any atom is -0.478 e. The average molecular weight is 414 g/mol. The molecule has 8 nitrogen and oxygen atoms in total. The van der Waals surface area contributed by atoms with Crippen LogP contribution in [0.3, 0.4) is 0 Å². The highest BCUT2D eigenvalue weighted by Crippen LogP contribution is 2.21. The number of morpholine rings is 1. The molecule has 1 aliphatic rings. The van der Waals surface area contributed by atoms with Crippen molar-refractivity contribution in [3.8, 4) is 0 Å². The Morgan fingerprint density at radius 2 is 1.86 bits per heavy atom. The molecule has 29 heavy (non-hydrogen) atoms. The minimum absolute atomic E-state index is 0.159. The lowest BCUT2D eigenvalue weighted by molar-refractivity contribution is -0.141. The molecule has 1 fully saturated rings. The van der Waals surface area contributed by atoms with Gasteiger partial charge in [-0.1, -0.05) is 47.1 Å². The van der Waals surface area contributed by atoms with Crippen molar-refractivity contribution < 1.29 is 24.2 Å². The Balaban J connectivity index is 0.00000245. The quantitative estimate of drug-likeness (QED) is 0.644. The Hall–Kier alpha value is -1.93. The summed E-state index contributed by atoms with van der Waals surface area (Å²) >= 11 is 0. The van der Waals surface area contributed by atoms with Gasteiger partial charge in [-0.15, -0.1) is 0 Å². The van der Waals surface area contributed by atoms with Crippen LogP contribution in [0.15, 0.2) is 11.6 Å². The smallest absolute Gasteiger partial charge is 0.331 e. The monoisotopic (exact) mass is 413 g/mol. The maximum Gasteiger partial charge on any atom is 0.331 e. The highest BCUT2D eigenvalue weighted by Gasteiger charge is 2.37. The summed E-state index contributed by atoms with van der Waals surface area (Å²) in [6.45, 7) is 13.1. The van der Waals surface area contributed by atoms with Gasteiger partial charge in [0.15, 0.2) is 0 Å². The number of nitrogens with zero attached hydrogens (tertiary/aromatic N) is 2. The van der Waals surface area contributed by atoms with E-state index in [9.17, 15) is 14.4 Å². The van der Waals surface area contributed by atoms with Gasteiger partial charge in [-0.25, -0.2) is 4.79 Å². The molecule has 1 aliphatic heterocycles. The minimum atomic E-state index is -1.02. The van der Waals surface area contributed by atoms with E-state index < -0.39 is 23.5 Å². The average Bonchev–Trinajstić information content (AvgIpc) is 2.63. The fourth-order valence-electron chi connectivity index (χ4n) is 2.52. The molecule has 168 valence electrons. The second-order valence-corrected chi connectivity index (χ2v) is 8.50. The third kappa shape index (κ3) is 9.41. The van der Waals surface area contributed by atoms with Crippen molar-refractivity contribution in [1.82, 2.24) is 15.1 Å². The number of carboxylic acid groups (broad SMARTS) is 1. The summed E-state index contributed by atoms with van der Waals surface area (Å²) in [6, 6.07) is -1.16. The molecular formula is C21H39N3O5. The third-order valence-electron chi connectivity index (χ3n) is 4.48. The molecule has 0 radical (unpaired) electrons. The molecule has 2 amide bonds. The Morgan fingerprint density at radius 1 is 1.31 bits per heavy atom. The van der Waals surface area contributed by atoms with E-state index in [1.807, 2.05) is 32.7 Å². The molecule has 8 heteroatoms. The van der Waals surface area contributed by atoms with Crippen LogP contribution in [-0.2, 0) is 19.1 Å². The summed E-state index contributed by atoms with van der Waals surface area (Å²) in [5.41, 5.74) is -0.331. The first-order chi connectivity index (χ1) is 13.4. The van der Waals surface area contributed by atoms with Crippen molar-refractivity contribution in [1.29, 1.82) is 0 Å². The van der Waals surface area contributed by atoms with Gasteiger partial charge in [0.05, 0.1) is 13.2 Å². The topological polar surface area (TPSA) is 99.2 Å². The van der Waals surface area contributed by atoms with Crippen LogP contribution in [-0.4, -0.2) is 85.2 Å². The number of nitrogens with one attached hydrogen (secondary N) is 1. The van der Waals surface area contributed by atoms with Crippen LogP contribution in [0.1, 0.15) is 48.0 Å². The molecule has 2 unspecified atom stereocenters. The van der Waals surface area contributed by atoms with Crippen molar-refractivity contribution in [2.45, 2.75) is 60.0 Å². The van der Waals surface area contributed by atoms with Gasteiger partial charge >= 0.3 is 5.97 Å². The van der Waals surface area contributed by atoms with Crippen LogP contribution in [0, 0.1) is 5.41 Å². The molecule has 1 heterocycles. The molecule has 0 bridgehead atoms. The fourth-order valence-corrected chi connectivity index (χ4v) is 2.52. The van der Waals surface area contributed by atoms with Crippen molar-refractivity contribution in [2.24, 2.45) is 5.41 Å². The molecule has 0 aliphatic carbocycles. The van der Waals surface area contributed by atoms with E-state index in [0.717, 1.165) is 0 Å². The van der Waals surface area contributed by atoms with E-state index in [4.69, 9.17) is 9.84 Å². The Morgan fingerprint density at radius 3 is 2.31 bits per heavy atom. The van der Waals surface area contributed by atoms with Crippen molar-refractivity contribution in [2.75, 3.05) is 40.4 Å². The van der Waals surface area contributed by atoms with Crippen LogP contribution in [0.2, 0.25) is 0 Å². The lowest BCUT2D eigenvalue weighted by Crippen LogP contribution is -2.59. The summed E-state index contributed by atoms with van der Waals surface area (Å²) in [6.07, 6.45) is 2.73. The Bertz CT molecular complexity index is 583. The van der Waals surface area contributed by atoms with Crippen LogP contribution < -0.4 is 5.32 Å². The molecule has 1 rings (SSSR count). The molecule has 2 atom stereocenters. The largest absolute Gasteiger partial charge is 0.478 e. The summed E-state index contributed by atoms with van der Waals surface area (Å²) in [5.74, 6) is -1.53. The molecular weight excluding hydrogens is 374 g/mol. The van der Waals surface area contributed by atoms with Crippen LogP contribution in [0.25, 0.3) is 0 Å². The van der Waals surface area contributed by atoms with E-state index in [1.165, 1.54) is 24.3 Å². The fraction of sp³-hybridized carbons (Fsp3) is 0.762. The molecule has 0 aromatic heterocycles. The molecule has 2 N–H and O–H groups in total. The van der Waals surface area contributed by atoms with Gasteiger partial charge in [0.25, 0.3) is 0 Å². The number of likely N-dealkylation sites (N-methyl/N-ethyl adjacent to an activating group) is 2. The number of aliphatic carboxylic acids is 1. The Kier molecular flexibility index (Phi) is 11.8. The number of ether oxygens (including phenoxy) is 1. The van der Waals surface area contributed by atoms with Crippen LogP contribution in [0.5, 0.6) is 0 Å². The van der Waals surface area contributed by atoms with Crippen molar-refractivity contribution >= 4 is 17.8 Å². The molecule has 0 aromatic carbocycles. The predicted octanol–water partition coefficient (Wildman–Crippen LogP) is 1.75. The van der Waals surface area contributed by atoms with Gasteiger partial charge in [0.1, 0.15) is 12.1 Å². The lowest BCUT2D eigenvalue weighted by Gasteiger charge is -2.36. The van der Waals surface area contributed by atoms with Gasteiger partial charge in [0.2, 0.25) is 11.8 Å². The zero-order valence-corrected chi connectivity index (χ0v) is 19.2. The first-order valence-electron chi connectivity index (χ1n) is 10.1. The number of hydrogen-bond donors (Lipinski definition) is 2. The number of carbonyl (C=O) groups is 3. The molecule has 0 aromatic rings. The van der Waals surface area contributed by atoms with Gasteiger partial charge < -0.3 is 20.1 Å². The lowest BCUT2D eigenvalue weighted by atomic mass is 9.85. The second-order valence-electron chi connectivity index (χ2n) is 8.50. The van der Waals surface area contributed by atoms with Gasteiger partial charge in [0, 0.05) is 25.7 Å².